The summed E-state index contributed by atoms with van der Waals surface area (Å²) >= 11 is 0. The number of aliphatic imine (C=N–C) groups is 1. The number of nitrogens with zero attached hydrogens (tertiary/aromatic N) is 3. The lowest BCUT2D eigenvalue weighted by molar-refractivity contribution is -0.313. The monoisotopic (exact) mass is 799 g/mol. The van der Waals surface area contributed by atoms with E-state index in [0.29, 0.717) is 25.4 Å². The zero-order valence-corrected chi connectivity index (χ0v) is 36.4. The molecule has 0 radical (unpaired) electrons. The van der Waals surface area contributed by atoms with Gasteiger partial charge in [0.05, 0.1) is 66.1 Å². The number of amides is 2. The fraction of sp³-hybridized carbons (Fsp3) is 0.927. The molecule has 15 nitrogen and oxygen atoms in total. The Morgan fingerprint density at radius 1 is 1.00 bits per heavy atom. The molecule has 0 aromatic rings. The second kappa shape index (κ2) is 18.9. The van der Waals surface area contributed by atoms with Crippen molar-refractivity contribution in [1.29, 1.82) is 0 Å². The minimum absolute atomic E-state index is 0.000972. The number of rotatable bonds is 8. The van der Waals surface area contributed by atoms with Crippen LogP contribution >= 0.6 is 0 Å². The van der Waals surface area contributed by atoms with Crippen LogP contribution in [0, 0.1) is 23.7 Å². The van der Waals surface area contributed by atoms with E-state index in [2.05, 4.69) is 5.32 Å². The third-order valence-corrected chi connectivity index (χ3v) is 12.3. The van der Waals surface area contributed by atoms with E-state index in [-0.39, 0.29) is 55.2 Å². The van der Waals surface area contributed by atoms with Crippen LogP contribution in [0.25, 0.3) is 0 Å². The highest BCUT2D eigenvalue weighted by molar-refractivity contribution is 5.80. The Morgan fingerprint density at radius 3 is 2.27 bits per heavy atom. The van der Waals surface area contributed by atoms with Gasteiger partial charge in [-0.3, -0.25) is 9.59 Å². The van der Waals surface area contributed by atoms with Gasteiger partial charge in [0.2, 0.25) is 11.8 Å². The first-order valence-corrected chi connectivity index (χ1v) is 20.7. The number of aliphatic hydroxyl groups excluding tert-OH is 2. The molecule has 4 saturated heterocycles. The largest absolute Gasteiger partial charge is 0.454 e. The van der Waals surface area contributed by atoms with Crippen molar-refractivity contribution in [1.82, 2.24) is 15.1 Å². The van der Waals surface area contributed by atoms with Crippen molar-refractivity contribution in [2.45, 2.75) is 193 Å². The Balaban J connectivity index is 1.82. The van der Waals surface area contributed by atoms with E-state index >= 15 is 0 Å². The number of hydrogen-bond acceptors (Lipinski definition) is 12. The first-order valence-electron chi connectivity index (χ1n) is 20.7. The molecule has 0 saturated carbocycles. The lowest BCUT2D eigenvalue weighted by atomic mass is 9.77. The smallest absolute Gasteiger partial charge is 0.288 e. The van der Waals surface area contributed by atoms with Crippen molar-refractivity contribution in [3.05, 3.63) is 0 Å². The maximum absolute atomic E-state index is 14.4. The second-order valence-electron chi connectivity index (χ2n) is 18.5. The number of methoxy groups -OCH3 is 1. The van der Waals surface area contributed by atoms with Crippen LogP contribution in [-0.2, 0) is 38.0 Å². The molecule has 0 aromatic carbocycles. The number of amidine groups is 1. The van der Waals surface area contributed by atoms with Gasteiger partial charge >= 0.3 is 0 Å². The van der Waals surface area contributed by atoms with Crippen molar-refractivity contribution >= 4 is 17.8 Å². The summed E-state index contributed by atoms with van der Waals surface area (Å²) in [4.78, 5) is 36.2. The standard InChI is InChI=1S/C41H74N4O11/c1-21(2)15-28-30(46)17-31(47)44(12)20-23(5)18-40(10,50)36(56-38-34-29(16-24(6)52-38)45(13)39(55-34)42-22(3)4)25(7)33(26(8)37(49)43-28)54-32-19-41(11,51-14)35(48)27(9)53-32/h21-30,32-36,38,46,48,50H,15-20H2,1-14H3,(H,43,49)/b42-39+/t23-,24-,25+,26-,27+,28+,29+,30+,32+,33+,34-,35+,36-,38+,40-,41-/m1/s1. The zero-order chi connectivity index (χ0) is 42.0. The van der Waals surface area contributed by atoms with Gasteiger partial charge in [0.1, 0.15) is 6.10 Å². The van der Waals surface area contributed by atoms with Crippen LogP contribution < -0.4 is 5.32 Å². The second-order valence-corrected chi connectivity index (χ2v) is 18.5. The number of aliphatic hydroxyl groups is 3. The number of fused-ring (bicyclic) bond motifs is 1. The molecule has 4 N–H and O–H groups in total. The predicted octanol–water partition coefficient (Wildman–Crippen LogP) is 3.06. The summed E-state index contributed by atoms with van der Waals surface area (Å²) < 4.78 is 38.8. The number of nitrogens with one attached hydrogen (secondary N) is 1. The van der Waals surface area contributed by atoms with E-state index in [1.165, 1.54) is 7.11 Å². The van der Waals surface area contributed by atoms with Crippen LogP contribution in [0.5, 0.6) is 0 Å². The van der Waals surface area contributed by atoms with Gasteiger partial charge in [-0.1, -0.05) is 34.6 Å². The molecule has 324 valence electrons. The van der Waals surface area contributed by atoms with Gasteiger partial charge in [-0.25, -0.2) is 4.99 Å². The molecule has 15 heteroatoms. The third-order valence-electron chi connectivity index (χ3n) is 12.3. The van der Waals surface area contributed by atoms with E-state index < -0.39 is 84.2 Å². The van der Waals surface area contributed by atoms with Crippen LogP contribution in [0.2, 0.25) is 0 Å². The van der Waals surface area contributed by atoms with Gasteiger partial charge < -0.3 is 58.9 Å². The van der Waals surface area contributed by atoms with Crippen molar-refractivity contribution in [2.75, 3.05) is 27.7 Å². The predicted molar refractivity (Wildman–Crippen MR) is 210 cm³/mol. The average molecular weight is 799 g/mol. The molecule has 0 aromatic heterocycles. The van der Waals surface area contributed by atoms with E-state index in [1.807, 2.05) is 60.4 Å². The topological polar surface area (TPSA) is 181 Å². The Labute approximate surface area is 335 Å². The molecular formula is C41H74N4O11. The van der Waals surface area contributed by atoms with Gasteiger partial charge in [0, 0.05) is 46.1 Å². The highest BCUT2D eigenvalue weighted by Crippen LogP contribution is 2.41. The molecule has 56 heavy (non-hydrogen) atoms. The van der Waals surface area contributed by atoms with E-state index in [9.17, 15) is 24.9 Å². The van der Waals surface area contributed by atoms with Crippen molar-refractivity contribution < 1.29 is 53.3 Å². The number of carbonyl (C=O) groups excluding carboxylic acids is 2. The number of carbonyl (C=O) groups is 2. The first-order chi connectivity index (χ1) is 26.0. The first kappa shape index (κ1) is 46.6. The lowest BCUT2D eigenvalue weighted by Crippen LogP contribution is -2.60. The van der Waals surface area contributed by atoms with Gasteiger partial charge in [-0.15, -0.1) is 0 Å². The summed E-state index contributed by atoms with van der Waals surface area (Å²) in [6.07, 6.45) is -5.87. The van der Waals surface area contributed by atoms with Crippen LogP contribution in [0.3, 0.4) is 0 Å². The average Bonchev–Trinajstić information content (AvgIpc) is 3.39. The highest BCUT2D eigenvalue weighted by Gasteiger charge is 2.54. The fourth-order valence-electron chi connectivity index (χ4n) is 9.17. The molecular weight excluding hydrogens is 724 g/mol. The fourth-order valence-corrected chi connectivity index (χ4v) is 9.17. The van der Waals surface area contributed by atoms with Gasteiger partial charge in [-0.05, 0) is 72.6 Å². The molecule has 0 spiro atoms. The van der Waals surface area contributed by atoms with Crippen molar-refractivity contribution in [3.8, 4) is 0 Å². The summed E-state index contributed by atoms with van der Waals surface area (Å²) in [5, 5.41) is 38.1. The molecule has 4 rings (SSSR count). The van der Waals surface area contributed by atoms with E-state index in [0.717, 1.165) is 0 Å². The molecule has 0 bridgehead atoms. The molecule has 4 aliphatic heterocycles. The summed E-state index contributed by atoms with van der Waals surface area (Å²) in [5.74, 6) is -2.30. The Kier molecular flexibility index (Phi) is 15.7. The molecule has 0 unspecified atom stereocenters. The van der Waals surface area contributed by atoms with Crippen LogP contribution in [0.1, 0.15) is 108 Å². The van der Waals surface area contributed by atoms with Crippen molar-refractivity contribution in [2.24, 2.45) is 28.7 Å². The molecule has 16 atom stereocenters. The summed E-state index contributed by atoms with van der Waals surface area (Å²) in [7, 11) is 5.17. The van der Waals surface area contributed by atoms with Crippen LogP contribution in [0.4, 0.5) is 0 Å². The van der Waals surface area contributed by atoms with E-state index in [4.69, 9.17) is 33.4 Å². The summed E-state index contributed by atoms with van der Waals surface area (Å²) in [6.45, 7) is 21.1. The summed E-state index contributed by atoms with van der Waals surface area (Å²) in [5.41, 5.74) is -2.54. The summed E-state index contributed by atoms with van der Waals surface area (Å²) in [6, 6.07) is -0.306. The van der Waals surface area contributed by atoms with E-state index in [1.54, 1.807) is 39.6 Å². The maximum Gasteiger partial charge on any atom is 0.288 e. The molecule has 0 aliphatic carbocycles. The lowest BCUT2D eigenvalue weighted by Gasteiger charge is -2.48. The molecule has 4 heterocycles. The minimum atomic E-state index is -1.54. The van der Waals surface area contributed by atoms with Crippen LogP contribution in [-0.4, -0.2) is 155 Å². The molecule has 2 amide bonds. The Hall–Kier alpha value is -2.11. The normalized spacial score (nSPS) is 44.4. The number of likely N-dealkylation sites (N-methyl/N-ethyl adjacent to an activating group) is 1. The number of hydrogen-bond donors (Lipinski definition) is 4. The number of ether oxygens (including phenoxy) is 6. The van der Waals surface area contributed by atoms with Gasteiger partial charge in [-0.2, -0.15) is 0 Å². The maximum atomic E-state index is 14.4. The quantitative estimate of drug-likeness (QED) is 0.283. The minimum Gasteiger partial charge on any atom is -0.454 e. The van der Waals surface area contributed by atoms with Crippen molar-refractivity contribution in [3.63, 3.8) is 0 Å². The zero-order valence-electron chi connectivity index (χ0n) is 36.4. The highest BCUT2D eigenvalue weighted by atomic mass is 16.7. The SMILES string of the molecule is CO[C@]1(C)C[C@H](O[C@H]2[C@H](C)[C@@H](O[C@@H]3O[C@H](C)C[C@H]4[C@H]3O/C(=N/C(C)C)N4C)[C@](C)(O)C[C@@H](C)CN(C)C(=O)C[C@H](O)[C@H](CC(C)C)NC(=O)[C@@H]2C)O[C@@H](C)[C@@H]1O. The Bertz CT molecular complexity index is 1350. The third kappa shape index (κ3) is 10.9. The van der Waals surface area contributed by atoms with Crippen LogP contribution in [0.15, 0.2) is 4.99 Å². The molecule has 4 aliphatic rings. The van der Waals surface area contributed by atoms with Gasteiger partial charge in [0.15, 0.2) is 18.7 Å². The van der Waals surface area contributed by atoms with Gasteiger partial charge in [0.25, 0.3) is 6.02 Å². The Morgan fingerprint density at radius 2 is 1.66 bits per heavy atom. The molecule has 4 fully saturated rings.